The Balaban J connectivity index is 1.48. The van der Waals surface area contributed by atoms with Crippen molar-refractivity contribution in [3.8, 4) is 0 Å². The molecule has 3 rings (SSSR count). The van der Waals surface area contributed by atoms with Gasteiger partial charge in [0, 0.05) is 37.0 Å². The first-order valence-electron chi connectivity index (χ1n) is 8.95. The van der Waals surface area contributed by atoms with Gasteiger partial charge in [0.2, 0.25) is 11.8 Å². The second-order valence-electron chi connectivity index (χ2n) is 6.78. The monoisotopic (exact) mass is 349 g/mol. The van der Waals surface area contributed by atoms with Crippen LogP contribution in [0.4, 0.5) is 0 Å². The van der Waals surface area contributed by atoms with Crippen molar-refractivity contribution in [2.45, 2.75) is 51.1 Å². The number of nitrogens with zero attached hydrogens (tertiary/aromatic N) is 2. The van der Waals surface area contributed by atoms with Crippen LogP contribution in [0.15, 0.2) is 17.5 Å². The molecule has 5 nitrogen and oxygen atoms in total. The maximum Gasteiger partial charge on any atom is 0.234 e. The molecular weight excluding hydrogens is 322 g/mol. The van der Waals surface area contributed by atoms with Gasteiger partial charge in [-0.25, -0.2) is 0 Å². The number of nitrogens with one attached hydrogen (secondary N) is 1. The van der Waals surface area contributed by atoms with Gasteiger partial charge in [-0.15, -0.1) is 11.3 Å². The van der Waals surface area contributed by atoms with Gasteiger partial charge in [-0.05, 0) is 50.1 Å². The van der Waals surface area contributed by atoms with E-state index in [1.54, 1.807) is 18.3 Å². The second kappa shape index (κ2) is 8.12. The quantitative estimate of drug-likeness (QED) is 0.853. The summed E-state index contributed by atoms with van der Waals surface area (Å²) >= 11 is 1.73. The highest BCUT2D eigenvalue weighted by molar-refractivity contribution is 7.09. The Labute approximate surface area is 148 Å². The Morgan fingerprint density at radius 2 is 2.04 bits per heavy atom. The summed E-state index contributed by atoms with van der Waals surface area (Å²) in [6, 6.07) is 4.78. The molecule has 0 unspecified atom stereocenters. The molecule has 6 heteroatoms. The maximum absolute atomic E-state index is 12.3. The van der Waals surface area contributed by atoms with Crippen molar-refractivity contribution in [2.24, 2.45) is 0 Å². The van der Waals surface area contributed by atoms with Crippen LogP contribution in [-0.2, 0) is 16.0 Å². The molecule has 132 valence electrons. The van der Waals surface area contributed by atoms with Gasteiger partial charge in [-0.1, -0.05) is 6.07 Å². The third-order valence-corrected chi connectivity index (χ3v) is 6.12. The first-order valence-corrected chi connectivity index (χ1v) is 9.83. The molecular formula is C18H27N3O2S. The number of hydrogen-bond donors (Lipinski definition) is 1. The van der Waals surface area contributed by atoms with E-state index in [4.69, 9.17) is 0 Å². The molecule has 1 aromatic heterocycles. The molecule has 0 aliphatic carbocycles. The molecule has 1 aromatic rings. The molecule has 2 fully saturated rings. The lowest BCUT2D eigenvalue weighted by atomic mass is 10.0. The predicted molar refractivity (Wildman–Crippen MR) is 96.0 cm³/mol. The van der Waals surface area contributed by atoms with E-state index in [1.165, 1.54) is 4.88 Å². The van der Waals surface area contributed by atoms with Crippen molar-refractivity contribution in [1.29, 1.82) is 0 Å². The lowest BCUT2D eigenvalue weighted by Crippen LogP contribution is -2.50. The molecule has 0 spiro atoms. The molecule has 2 amide bonds. The van der Waals surface area contributed by atoms with Gasteiger partial charge in [0.1, 0.15) is 0 Å². The maximum atomic E-state index is 12.3. The average Bonchev–Trinajstić information content (AvgIpc) is 3.28. The zero-order valence-corrected chi connectivity index (χ0v) is 15.2. The largest absolute Gasteiger partial charge is 0.355 e. The van der Waals surface area contributed by atoms with Crippen LogP contribution < -0.4 is 5.32 Å². The Morgan fingerprint density at radius 1 is 1.25 bits per heavy atom. The van der Waals surface area contributed by atoms with Gasteiger partial charge in [0.15, 0.2) is 0 Å². The third kappa shape index (κ3) is 4.16. The summed E-state index contributed by atoms with van der Waals surface area (Å²) in [7, 11) is 0. The molecule has 2 aliphatic heterocycles. The molecule has 0 radical (unpaired) electrons. The minimum Gasteiger partial charge on any atom is -0.355 e. The summed E-state index contributed by atoms with van der Waals surface area (Å²) in [6.07, 6.45) is 5.27. The van der Waals surface area contributed by atoms with Gasteiger partial charge in [-0.2, -0.15) is 0 Å². The fourth-order valence-corrected chi connectivity index (χ4v) is 4.80. The van der Waals surface area contributed by atoms with Crippen LogP contribution in [0.5, 0.6) is 0 Å². The molecule has 2 atom stereocenters. The van der Waals surface area contributed by atoms with Gasteiger partial charge < -0.3 is 10.2 Å². The number of thiophene rings is 1. The minimum absolute atomic E-state index is 0.103. The van der Waals surface area contributed by atoms with Gasteiger partial charge in [0.25, 0.3) is 0 Å². The highest BCUT2D eigenvalue weighted by Gasteiger charge is 2.39. The molecule has 24 heavy (non-hydrogen) atoms. The Morgan fingerprint density at radius 3 is 2.79 bits per heavy atom. The van der Waals surface area contributed by atoms with E-state index in [0.29, 0.717) is 25.2 Å². The Kier molecular flexibility index (Phi) is 5.89. The third-order valence-electron chi connectivity index (χ3n) is 5.18. The van der Waals surface area contributed by atoms with E-state index >= 15 is 0 Å². The van der Waals surface area contributed by atoms with E-state index in [9.17, 15) is 9.59 Å². The van der Waals surface area contributed by atoms with Crippen LogP contribution in [0.1, 0.15) is 37.5 Å². The number of likely N-dealkylation sites (tertiary alicyclic amines) is 2. The summed E-state index contributed by atoms with van der Waals surface area (Å²) in [6.45, 7) is 4.65. The molecule has 2 saturated heterocycles. The van der Waals surface area contributed by atoms with Crippen LogP contribution in [0, 0.1) is 0 Å². The summed E-state index contributed by atoms with van der Waals surface area (Å²) in [5.74, 6) is 0.274. The number of hydrogen-bond acceptors (Lipinski definition) is 4. The van der Waals surface area contributed by atoms with Crippen LogP contribution in [0.25, 0.3) is 0 Å². The fraction of sp³-hybridized carbons (Fsp3) is 0.667. The van der Waals surface area contributed by atoms with Crippen LogP contribution in [0.2, 0.25) is 0 Å². The van der Waals surface area contributed by atoms with E-state index < -0.39 is 0 Å². The predicted octanol–water partition coefficient (Wildman–Crippen LogP) is 1.88. The van der Waals surface area contributed by atoms with Crippen molar-refractivity contribution in [2.75, 3.05) is 26.2 Å². The van der Waals surface area contributed by atoms with Crippen molar-refractivity contribution >= 4 is 23.2 Å². The van der Waals surface area contributed by atoms with Gasteiger partial charge >= 0.3 is 0 Å². The zero-order chi connectivity index (χ0) is 16.9. The Bertz CT molecular complexity index is 561. The summed E-state index contributed by atoms with van der Waals surface area (Å²) in [4.78, 5) is 29.7. The van der Waals surface area contributed by atoms with Gasteiger partial charge in [-0.3, -0.25) is 14.5 Å². The molecule has 2 aliphatic rings. The second-order valence-corrected chi connectivity index (χ2v) is 7.81. The molecule has 0 aromatic carbocycles. The van der Waals surface area contributed by atoms with Crippen molar-refractivity contribution in [3.05, 3.63) is 22.4 Å². The van der Waals surface area contributed by atoms with E-state index in [-0.39, 0.29) is 11.8 Å². The van der Waals surface area contributed by atoms with E-state index in [0.717, 1.165) is 45.2 Å². The first kappa shape index (κ1) is 17.4. The standard InChI is InChI=1S/C18H27N3O2S/c1-14(22)21-11-3-7-17(21)16-6-2-10-20(16)13-18(23)19-9-8-15-5-4-12-24-15/h4-5,12,16-17H,2-3,6-11,13H2,1H3,(H,19,23)/t16-,17-/m0/s1. The molecule has 0 bridgehead atoms. The average molecular weight is 350 g/mol. The fourth-order valence-electron chi connectivity index (χ4n) is 4.09. The zero-order valence-electron chi connectivity index (χ0n) is 14.4. The Hall–Kier alpha value is -1.40. The molecule has 0 saturated carbocycles. The number of carbonyl (C=O) groups excluding carboxylic acids is 2. The minimum atomic E-state index is 0.103. The highest BCUT2D eigenvalue weighted by Crippen LogP contribution is 2.29. The van der Waals surface area contributed by atoms with E-state index in [1.807, 2.05) is 11.0 Å². The first-order chi connectivity index (χ1) is 11.6. The number of carbonyl (C=O) groups is 2. The van der Waals surface area contributed by atoms with Gasteiger partial charge in [0.05, 0.1) is 6.54 Å². The number of amides is 2. The summed E-state index contributed by atoms with van der Waals surface area (Å²) in [5.41, 5.74) is 0. The molecule has 3 heterocycles. The van der Waals surface area contributed by atoms with E-state index in [2.05, 4.69) is 21.7 Å². The summed E-state index contributed by atoms with van der Waals surface area (Å²) in [5, 5.41) is 5.10. The molecule has 1 N–H and O–H groups in total. The SMILES string of the molecule is CC(=O)N1CCC[C@H]1[C@@H]1CCCN1CC(=O)NCCc1cccs1. The normalized spacial score (nSPS) is 24.5. The van der Waals surface area contributed by atoms with Crippen LogP contribution >= 0.6 is 11.3 Å². The van der Waals surface area contributed by atoms with Crippen LogP contribution in [0.3, 0.4) is 0 Å². The van der Waals surface area contributed by atoms with Crippen molar-refractivity contribution in [1.82, 2.24) is 15.1 Å². The lowest BCUT2D eigenvalue weighted by Gasteiger charge is -2.34. The van der Waals surface area contributed by atoms with Crippen molar-refractivity contribution < 1.29 is 9.59 Å². The lowest BCUT2D eigenvalue weighted by molar-refractivity contribution is -0.130. The summed E-state index contributed by atoms with van der Waals surface area (Å²) < 4.78 is 0. The van der Waals surface area contributed by atoms with Crippen molar-refractivity contribution in [3.63, 3.8) is 0 Å². The highest BCUT2D eigenvalue weighted by atomic mass is 32.1. The topological polar surface area (TPSA) is 52.7 Å². The smallest absolute Gasteiger partial charge is 0.234 e. The number of rotatable bonds is 6. The van der Waals surface area contributed by atoms with Crippen LogP contribution in [-0.4, -0.2) is 59.9 Å².